The molecule has 0 saturated carbocycles. The summed E-state index contributed by atoms with van der Waals surface area (Å²) in [6.07, 6.45) is 1.89. The zero-order valence-electron chi connectivity index (χ0n) is 11.7. The number of pyridine rings is 1. The van der Waals surface area contributed by atoms with Gasteiger partial charge in [0.15, 0.2) is 0 Å². The van der Waals surface area contributed by atoms with Crippen molar-refractivity contribution >= 4 is 0 Å². The lowest BCUT2D eigenvalue weighted by Gasteiger charge is -2.02. The molecule has 7 nitrogen and oxygen atoms in total. The van der Waals surface area contributed by atoms with Gasteiger partial charge in [-0.3, -0.25) is 4.98 Å². The van der Waals surface area contributed by atoms with E-state index >= 15 is 0 Å². The van der Waals surface area contributed by atoms with Crippen LogP contribution in [0.1, 0.15) is 11.4 Å². The van der Waals surface area contributed by atoms with Crippen LogP contribution in [-0.2, 0) is 13.1 Å². The number of rotatable bonds is 5. The van der Waals surface area contributed by atoms with E-state index in [-0.39, 0.29) is 6.54 Å². The van der Waals surface area contributed by atoms with Crippen LogP contribution in [-0.4, -0.2) is 20.0 Å². The standard InChI is InChI=1S/C15H13N7/c16-20-17-9-13-7-4-8-14(18-13)10-22-11-15(19-21-22)12-5-2-1-3-6-12/h1-8,11H,9-10H2. The third kappa shape index (κ3) is 3.28. The zero-order valence-corrected chi connectivity index (χ0v) is 11.7. The molecule has 3 aromatic rings. The highest BCUT2D eigenvalue weighted by Crippen LogP contribution is 2.15. The van der Waals surface area contributed by atoms with E-state index in [9.17, 15) is 0 Å². The van der Waals surface area contributed by atoms with Crippen molar-refractivity contribution in [1.82, 2.24) is 20.0 Å². The Kier molecular flexibility index (Phi) is 4.08. The average molecular weight is 291 g/mol. The molecular weight excluding hydrogens is 278 g/mol. The molecule has 0 aliphatic carbocycles. The second-order valence-corrected chi connectivity index (χ2v) is 4.68. The molecule has 0 aliphatic heterocycles. The Hall–Kier alpha value is -3.18. The molecule has 2 aromatic heterocycles. The highest BCUT2D eigenvalue weighted by molar-refractivity contribution is 5.57. The average Bonchev–Trinajstić information content (AvgIpc) is 3.03. The molecule has 0 amide bonds. The summed E-state index contributed by atoms with van der Waals surface area (Å²) in [5, 5.41) is 11.8. The quantitative estimate of drug-likeness (QED) is 0.410. The molecule has 0 N–H and O–H groups in total. The van der Waals surface area contributed by atoms with Crippen LogP contribution in [0.15, 0.2) is 59.8 Å². The summed E-state index contributed by atoms with van der Waals surface area (Å²) in [7, 11) is 0. The zero-order chi connectivity index (χ0) is 15.2. The van der Waals surface area contributed by atoms with Gasteiger partial charge in [-0.2, -0.15) is 0 Å². The minimum absolute atomic E-state index is 0.247. The summed E-state index contributed by atoms with van der Waals surface area (Å²) in [5.74, 6) is 0. The van der Waals surface area contributed by atoms with Gasteiger partial charge < -0.3 is 0 Å². The Morgan fingerprint density at radius 1 is 1.05 bits per heavy atom. The molecule has 0 fully saturated rings. The van der Waals surface area contributed by atoms with E-state index in [1.807, 2.05) is 54.7 Å². The SMILES string of the molecule is [N-]=[N+]=NCc1cccc(Cn2cc(-c3ccccc3)nn2)n1. The number of hydrogen-bond acceptors (Lipinski definition) is 4. The van der Waals surface area contributed by atoms with Gasteiger partial charge in [0, 0.05) is 16.2 Å². The topological polar surface area (TPSA) is 92.4 Å². The van der Waals surface area contributed by atoms with Crippen LogP contribution in [0, 0.1) is 0 Å². The first-order valence-electron chi connectivity index (χ1n) is 6.76. The minimum atomic E-state index is 0.247. The van der Waals surface area contributed by atoms with E-state index in [4.69, 9.17) is 5.53 Å². The van der Waals surface area contributed by atoms with Gasteiger partial charge in [0.1, 0.15) is 5.69 Å². The Balaban J connectivity index is 1.76. The maximum atomic E-state index is 8.35. The van der Waals surface area contributed by atoms with Crippen molar-refractivity contribution < 1.29 is 0 Å². The maximum absolute atomic E-state index is 8.35. The fourth-order valence-electron chi connectivity index (χ4n) is 2.09. The predicted molar refractivity (Wildman–Crippen MR) is 81.6 cm³/mol. The molecule has 0 bridgehead atoms. The summed E-state index contributed by atoms with van der Waals surface area (Å²) in [6, 6.07) is 15.5. The highest BCUT2D eigenvalue weighted by atomic mass is 15.4. The van der Waals surface area contributed by atoms with Crippen molar-refractivity contribution in [3.05, 3.63) is 76.6 Å². The monoisotopic (exact) mass is 291 g/mol. The van der Waals surface area contributed by atoms with Gasteiger partial charge in [0.05, 0.1) is 25.0 Å². The number of nitrogens with zero attached hydrogens (tertiary/aromatic N) is 7. The number of hydrogen-bond donors (Lipinski definition) is 0. The Labute approximate surface area is 126 Å². The van der Waals surface area contributed by atoms with Gasteiger partial charge >= 0.3 is 0 Å². The normalized spacial score (nSPS) is 10.2. The van der Waals surface area contributed by atoms with Crippen LogP contribution in [0.2, 0.25) is 0 Å². The summed E-state index contributed by atoms with van der Waals surface area (Å²) in [6.45, 7) is 0.765. The van der Waals surface area contributed by atoms with E-state index in [2.05, 4.69) is 25.3 Å². The third-order valence-electron chi connectivity index (χ3n) is 3.09. The van der Waals surface area contributed by atoms with Gasteiger partial charge in [0.25, 0.3) is 0 Å². The second-order valence-electron chi connectivity index (χ2n) is 4.68. The molecule has 108 valence electrons. The molecule has 0 saturated heterocycles. The van der Waals surface area contributed by atoms with Crippen LogP contribution in [0.3, 0.4) is 0 Å². The molecule has 0 aliphatic rings. The molecule has 0 spiro atoms. The first-order valence-corrected chi connectivity index (χ1v) is 6.76. The van der Waals surface area contributed by atoms with E-state index in [1.165, 1.54) is 0 Å². The number of azide groups is 1. The van der Waals surface area contributed by atoms with Crippen molar-refractivity contribution in [3.8, 4) is 11.3 Å². The van der Waals surface area contributed by atoms with E-state index in [1.54, 1.807) is 4.68 Å². The van der Waals surface area contributed by atoms with Crippen molar-refractivity contribution in [2.45, 2.75) is 13.1 Å². The Morgan fingerprint density at radius 2 is 1.86 bits per heavy atom. The van der Waals surface area contributed by atoms with E-state index in [0.717, 1.165) is 22.6 Å². The van der Waals surface area contributed by atoms with Gasteiger partial charge in [-0.15, -0.1) is 5.10 Å². The maximum Gasteiger partial charge on any atom is 0.113 e. The van der Waals surface area contributed by atoms with Crippen molar-refractivity contribution in [3.63, 3.8) is 0 Å². The third-order valence-corrected chi connectivity index (χ3v) is 3.09. The molecule has 3 rings (SSSR count). The first-order chi connectivity index (χ1) is 10.8. The van der Waals surface area contributed by atoms with Crippen LogP contribution >= 0.6 is 0 Å². The van der Waals surface area contributed by atoms with Crippen LogP contribution in [0.25, 0.3) is 21.7 Å². The molecule has 7 heteroatoms. The number of benzene rings is 1. The minimum Gasteiger partial charge on any atom is -0.256 e. The lowest BCUT2D eigenvalue weighted by Crippen LogP contribution is -2.03. The molecule has 0 radical (unpaired) electrons. The summed E-state index contributed by atoms with van der Waals surface area (Å²) >= 11 is 0. The second kappa shape index (κ2) is 6.51. The van der Waals surface area contributed by atoms with Crippen molar-refractivity contribution in [2.24, 2.45) is 5.11 Å². The van der Waals surface area contributed by atoms with Crippen LogP contribution in [0.5, 0.6) is 0 Å². The van der Waals surface area contributed by atoms with Gasteiger partial charge in [0.2, 0.25) is 0 Å². The van der Waals surface area contributed by atoms with E-state index in [0.29, 0.717) is 6.54 Å². The van der Waals surface area contributed by atoms with Crippen LogP contribution in [0.4, 0.5) is 0 Å². The van der Waals surface area contributed by atoms with Gasteiger partial charge in [-0.05, 0) is 17.7 Å². The van der Waals surface area contributed by atoms with E-state index < -0.39 is 0 Å². The highest BCUT2D eigenvalue weighted by Gasteiger charge is 2.05. The number of aromatic nitrogens is 4. The van der Waals surface area contributed by atoms with Gasteiger partial charge in [-0.25, -0.2) is 4.68 Å². The van der Waals surface area contributed by atoms with Crippen molar-refractivity contribution in [2.75, 3.05) is 0 Å². The van der Waals surface area contributed by atoms with Crippen molar-refractivity contribution in [1.29, 1.82) is 0 Å². The van der Waals surface area contributed by atoms with Gasteiger partial charge in [-0.1, -0.05) is 46.7 Å². The largest absolute Gasteiger partial charge is 0.256 e. The fourth-order valence-corrected chi connectivity index (χ4v) is 2.09. The smallest absolute Gasteiger partial charge is 0.113 e. The lowest BCUT2D eigenvalue weighted by molar-refractivity contribution is 0.636. The molecule has 0 atom stereocenters. The molecule has 1 aromatic carbocycles. The Morgan fingerprint density at radius 3 is 2.68 bits per heavy atom. The fraction of sp³-hybridized carbons (Fsp3) is 0.133. The summed E-state index contributed by atoms with van der Waals surface area (Å²) < 4.78 is 1.74. The molecule has 22 heavy (non-hydrogen) atoms. The molecule has 2 heterocycles. The Bertz CT molecular complexity index is 804. The first kappa shape index (κ1) is 13.8. The lowest BCUT2D eigenvalue weighted by atomic mass is 10.2. The van der Waals surface area contributed by atoms with Crippen LogP contribution < -0.4 is 0 Å². The summed E-state index contributed by atoms with van der Waals surface area (Å²) in [5.41, 5.74) is 11.8. The predicted octanol–water partition coefficient (Wildman–Crippen LogP) is 3.20. The molecular formula is C15H13N7. The summed E-state index contributed by atoms with van der Waals surface area (Å²) in [4.78, 5) is 7.17. The molecule has 0 unspecified atom stereocenters.